The van der Waals surface area contributed by atoms with E-state index >= 15 is 4.39 Å². The number of hydrogen-bond acceptors (Lipinski definition) is 8. The number of hydrogen-bond donors (Lipinski definition) is 2. The van der Waals surface area contributed by atoms with Crippen LogP contribution in [0.4, 0.5) is 24.8 Å². The first-order valence-corrected chi connectivity index (χ1v) is 16.3. The lowest BCUT2D eigenvalue weighted by Crippen LogP contribution is -2.36. The van der Waals surface area contributed by atoms with E-state index in [0.29, 0.717) is 23.2 Å². The maximum atomic E-state index is 15.1. The lowest BCUT2D eigenvalue weighted by atomic mass is 9.91. The Kier molecular flexibility index (Phi) is 8.72. The van der Waals surface area contributed by atoms with Crippen LogP contribution >= 0.6 is 0 Å². The van der Waals surface area contributed by atoms with Crippen LogP contribution in [0.25, 0.3) is 22.4 Å². The number of halogens is 3. The highest BCUT2D eigenvalue weighted by Crippen LogP contribution is 2.41. The first-order valence-electron chi connectivity index (χ1n) is 14.6. The molecule has 2 fully saturated rings. The fraction of sp³-hybridized carbons (Fsp3) is 0.586. The molecule has 1 aromatic carbocycles. The number of aromatic nitrogens is 4. The van der Waals surface area contributed by atoms with Gasteiger partial charge in [-0.05, 0) is 78.6 Å². The molecular formula is C29H38F3N7O3S. The van der Waals surface area contributed by atoms with Gasteiger partial charge in [0.25, 0.3) is 11.5 Å². The highest BCUT2D eigenvalue weighted by atomic mass is 32.2. The van der Waals surface area contributed by atoms with Crippen molar-refractivity contribution in [1.82, 2.24) is 24.4 Å². The zero-order chi connectivity index (χ0) is 31.1. The standard InChI is InChI=1S/C29H38F3N7O3S/c1-17(2)39-26-24(15-33-28(36-26)34-20-8-10-21(11-9-20)38(3)4)35-25(27(39)40)18-7-12-23(22(30)14-18)37-43(41,42)16-19-6-5-13-29(19,31)32/h7,12,14-15,17,19-21,37H,5-6,8-11,13,16H2,1-4H3,(H,33,34,36). The van der Waals surface area contributed by atoms with E-state index in [2.05, 4.69) is 44.0 Å². The van der Waals surface area contributed by atoms with Crippen molar-refractivity contribution in [2.45, 2.75) is 82.8 Å². The van der Waals surface area contributed by atoms with Crippen LogP contribution in [0.2, 0.25) is 0 Å². The second-order valence-corrected chi connectivity index (χ2v) is 13.9. The van der Waals surface area contributed by atoms with Gasteiger partial charge < -0.3 is 10.2 Å². The SMILES string of the molecule is CC(C)n1c(=O)c(-c2ccc(NS(=O)(=O)CC3CCCC3(F)F)c(F)c2)nc2cnc(NC3CCC(N(C)C)CC3)nc21. The summed E-state index contributed by atoms with van der Waals surface area (Å²) >= 11 is 0. The first-order chi connectivity index (χ1) is 20.2. The van der Waals surface area contributed by atoms with Gasteiger partial charge in [0.05, 0.1) is 17.6 Å². The summed E-state index contributed by atoms with van der Waals surface area (Å²) in [5, 5.41) is 3.39. The smallest absolute Gasteiger partial charge is 0.278 e. The highest BCUT2D eigenvalue weighted by molar-refractivity contribution is 7.92. The van der Waals surface area contributed by atoms with Crippen molar-refractivity contribution in [3.8, 4) is 11.3 Å². The van der Waals surface area contributed by atoms with Crippen molar-refractivity contribution in [3.05, 3.63) is 40.6 Å². The third-order valence-electron chi connectivity index (χ3n) is 8.50. The van der Waals surface area contributed by atoms with Gasteiger partial charge in [-0.15, -0.1) is 0 Å². The van der Waals surface area contributed by atoms with Crippen molar-refractivity contribution in [3.63, 3.8) is 0 Å². The number of rotatable bonds is 9. The summed E-state index contributed by atoms with van der Waals surface area (Å²) in [6.45, 7) is 3.66. The number of nitrogens with zero attached hydrogens (tertiary/aromatic N) is 5. The van der Waals surface area contributed by atoms with Gasteiger partial charge in [-0.1, -0.05) is 6.07 Å². The summed E-state index contributed by atoms with van der Waals surface area (Å²) < 4.78 is 71.8. The van der Waals surface area contributed by atoms with Crippen molar-refractivity contribution < 1.29 is 21.6 Å². The highest BCUT2D eigenvalue weighted by Gasteiger charge is 2.45. The number of anilines is 2. The normalized spacial score (nSPS) is 22.4. The largest absolute Gasteiger partial charge is 0.351 e. The monoisotopic (exact) mass is 621 g/mol. The number of fused-ring (bicyclic) bond motifs is 1. The van der Waals surface area contributed by atoms with E-state index in [1.54, 1.807) is 0 Å². The zero-order valence-corrected chi connectivity index (χ0v) is 25.6. The Labute approximate surface area is 249 Å². The van der Waals surface area contributed by atoms with Crippen molar-refractivity contribution in [2.24, 2.45) is 5.92 Å². The van der Waals surface area contributed by atoms with Gasteiger partial charge >= 0.3 is 0 Å². The molecule has 0 amide bonds. The van der Waals surface area contributed by atoms with Gasteiger partial charge in [-0.25, -0.2) is 31.6 Å². The molecule has 5 rings (SSSR count). The molecule has 1 atom stereocenters. The van der Waals surface area contributed by atoms with E-state index in [9.17, 15) is 22.0 Å². The third-order valence-corrected chi connectivity index (χ3v) is 9.87. The molecule has 2 heterocycles. The molecule has 14 heteroatoms. The van der Waals surface area contributed by atoms with Crippen LogP contribution in [0.5, 0.6) is 0 Å². The Morgan fingerprint density at radius 1 is 1.12 bits per heavy atom. The average Bonchev–Trinajstić information content (AvgIpc) is 3.26. The van der Waals surface area contributed by atoms with Gasteiger partial charge in [0.1, 0.15) is 17.0 Å². The lowest BCUT2D eigenvalue weighted by molar-refractivity contribution is -0.0287. The summed E-state index contributed by atoms with van der Waals surface area (Å²) in [6.07, 6.45) is 5.57. The predicted molar refractivity (Wildman–Crippen MR) is 160 cm³/mol. The van der Waals surface area contributed by atoms with Crippen molar-refractivity contribution in [1.29, 1.82) is 0 Å². The van der Waals surface area contributed by atoms with Gasteiger partial charge in [0.15, 0.2) is 5.65 Å². The summed E-state index contributed by atoms with van der Waals surface area (Å²) in [5.74, 6) is -5.75. The fourth-order valence-electron chi connectivity index (χ4n) is 6.08. The topological polar surface area (TPSA) is 122 Å². The fourth-order valence-corrected chi connectivity index (χ4v) is 7.61. The van der Waals surface area contributed by atoms with Gasteiger partial charge in [-0.2, -0.15) is 4.98 Å². The summed E-state index contributed by atoms with van der Waals surface area (Å²) in [7, 11) is -0.0652. The van der Waals surface area contributed by atoms with Crippen LogP contribution in [-0.4, -0.2) is 70.7 Å². The quantitative estimate of drug-likeness (QED) is 0.341. The van der Waals surface area contributed by atoms with E-state index in [1.807, 2.05) is 13.8 Å². The third kappa shape index (κ3) is 6.79. The minimum absolute atomic E-state index is 0.0496. The average molecular weight is 622 g/mol. The molecule has 10 nitrogen and oxygen atoms in total. The Morgan fingerprint density at radius 2 is 1.84 bits per heavy atom. The molecule has 2 aromatic heterocycles. The number of sulfonamides is 1. The van der Waals surface area contributed by atoms with E-state index in [0.717, 1.165) is 37.8 Å². The number of nitrogens with one attached hydrogen (secondary N) is 2. The summed E-state index contributed by atoms with van der Waals surface area (Å²) in [5.41, 5.74) is -0.122. The molecule has 0 bridgehead atoms. The summed E-state index contributed by atoms with van der Waals surface area (Å²) in [6, 6.07) is 3.99. The zero-order valence-electron chi connectivity index (χ0n) is 24.8. The molecule has 1 unspecified atom stereocenters. The molecule has 2 N–H and O–H groups in total. The molecule has 3 aromatic rings. The van der Waals surface area contributed by atoms with E-state index < -0.39 is 44.7 Å². The molecule has 2 aliphatic carbocycles. The molecule has 0 saturated heterocycles. The van der Waals surface area contributed by atoms with Crippen LogP contribution in [0, 0.1) is 11.7 Å². The first kappa shape index (κ1) is 31.2. The van der Waals surface area contributed by atoms with Gasteiger partial charge in [0.2, 0.25) is 16.0 Å². The van der Waals surface area contributed by atoms with Crippen LogP contribution in [0.3, 0.4) is 0 Å². The lowest BCUT2D eigenvalue weighted by Gasteiger charge is -2.32. The molecular weight excluding hydrogens is 583 g/mol. The predicted octanol–water partition coefficient (Wildman–Crippen LogP) is 5.04. The van der Waals surface area contributed by atoms with Crippen molar-refractivity contribution in [2.75, 3.05) is 29.9 Å². The molecule has 0 radical (unpaired) electrons. The summed E-state index contributed by atoms with van der Waals surface area (Å²) in [4.78, 5) is 29.4. The van der Waals surface area contributed by atoms with E-state index in [1.165, 1.54) is 16.8 Å². The molecule has 0 aliphatic heterocycles. The number of benzene rings is 1. The van der Waals surface area contributed by atoms with Crippen LogP contribution in [0.15, 0.2) is 29.2 Å². The minimum atomic E-state index is -4.24. The van der Waals surface area contributed by atoms with Crippen molar-refractivity contribution >= 4 is 32.8 Å². The molecule has 234 valence electrons. The molecule has 2 aliphatic rings. The minimum Gasteiger partial charge on any atom is -0.351 e. The van der Waals surface area contributed by atoms with Crippen LogP contribution < -0.4 is 15.6 Å². The Morgan fingerprint density at radius 3 is 2.44 bits per heavy atom. The maximum Gasteiger partial charge on any atom is 0.278 e. The van der Waals surface area contributed by atoms with Gasteiger partial charge in [0, 0.05) is 36.0 Å². The van der Waals surface area contributed by atoms with Crippen LogP contribution in [-0.2, 0) is 10.0 Å². The van der Waals surface area contributed by atoms with E-state index in [-0.39, 0.29) is 42.6 Å². The second kappa shape index (κ2) is 12.0. The molecule has 0 spiro atoms. The maximum absolute atomic E-state index is 15.1. The Bertz CT molecular complexity index is 1660. The van der Waals surface area contributed by atoms with Crippen LogP contribution in [0.1, 0.15) is 64.8 Å². The Hall–Kier alpha value is -3.26. The number of alkyl halides is 2. The molecule has 2 saturated carbocycles. The Balaban J connectivity index is 1.39. The van der Waals surface area contributed by atoms with E-state index in [4.69, 9.17) is 0 Å². The second-order valence-electron chi connectivity index (χ2n) is 12.2. The van der Waals surface area contributed by atoms with Gasteiger partial charge in [-0.3, -0.25) is 14.1 Å². The molecule has 43 heavy (non-hydrogen) atoms.